The Labute approximate surface area is 219 Å². The molecule has 0 aliphatic carbocycles. The summed E-state index contributed by atoms with van der Waals surface area (Å²) in [6.45, 7) is 2.18. The number of benzene rings is 3. The summed E-state index contributed by atoms with van der Waals surface area (Å²) in [6.07, 6.45) is 3.25. The first-order valence-electron chi connectivity index (χ1n) is 12.2. The summed E-state index contributed by atoms with van der Waals surface area (Å²) in [7, 11) is 0. The molecule has 2 amide bonds. The molecular formula is C31H23N3O4. The van der Waals surface area contributed by atoms with Crippen molar-refractivity contribution in [2.24, 2.45) is 0 Å². The van der Waals surface area contributed by atoms with Crippen molar-refractivity contribution in [2.45, 2.75) is 13.5 Å². The van der Waals surface area contributed by atoms with Gasteiger partial charge in [0.15, 0.2) is 5.75 Å². The van der Waals surface area contributed by atoms with Gasteiger partial charge in [0.2, 0.25) is 5.88 Å². The fourth-order valence-electron chi connectivity index (χ4n) is 4.55. The Hall–Kier alpha value is -5.17. The molecule has 0 spiro atoms. The smallest absolute Gasteiger partial charge is 0.258 e. The number of para-hydroxylation sites is 2. The topological polar surface area (TPSA) is 84.7 Å². The van der Waals surface area contributed by atoms with Crippen molar-refractivity contribution in [2.75, 3.05) is 10.2 Å². The zero-order valence-corrected chi connectivity index (χ0v) is 20.5. The minimum absolute atomic E-state index is 0.179. The van der Waals surface area contributed by atoms with Gasteiger partial charge in [-0.2, -0.15) is 0 Å². The number of ether oxygens (including phenoxy) is 1. The number of aryl methyl sites for hydroxylation is 1. The van der Waals surface area contributed by atoms with Crippen LogP contribution in [0.25, 0.3) is 11.3 Å². The highest BCUT2D eigenvalue weighted by Gasteiger charge is 2.27. The van der Waals surface area contributed by atoms with E-state index < -0.39 is 0 Å². The van der Waals surface area contributed by atoms with E-state index >= 15 is 0 Å². The van der Waals surface area contributed by atoms with Crippen LogP contribution in [0.2, 0.25) is 0 Å². The normalized spacial score (nSPS) is 12.1. The Morgan fingerprint density at radius 2 is 1.76 bits per heavy atom. The third kappa shape index (κ3) is 4.30. The number of fused-ring (bicyclic) bond motifs is 2. The summed E-state index contributed by atoms with van der Waals surface area (Å²) in [5.74, 6) is 1.23. The fraction of sp³-hybridized carbons (Fsp3) is 0.0645. The van der Waals surface area contributed by atoms with Crippen molar-refractivity contribution in [1.82, 2.24) is 4.98 Å². The summed E-state index contributed by atoms with van der Waals surface area (Å²) in [5.41, 5.74) is 4.56. The molecule has 5 aromatic rings. The Bertz CT molecular complexity index is 1660. The highest BCUT2D eigenvalue weighted by molar-refractivity contribution is 6.10. The molecule has 0 unspecified atom stereocenters. The molecule has 7 heteroatoms. The molecule has 0 radical (unpaired) electrons. The quantitative estimate of drug-likeness (QED) is 0.291. The number of hydrogen-bond acceptors (Lipinski definition) is 5. The summed E-state index contributed by atoms with van der Waals surface area (Å²) in [6, 6.07) is 27.3. The second-order valence-electron chi connectivity index (χ2n) is 8.94. The van der Waals surface area contributed by atoms with Gasteiger partial charge in [0.05, 0.1) is 24.1 Å². The molecule has 1 aliphatic rings. The summed E-state index contributed by atoms with van der Waals surface area (Å²) in [4.78, 5) is 33.0. The minimum atomic E-state index is -0.262. The largest absolute Gasteiger partial charge is 0.464 e. The van der Waals surface area contributed by atoms with Gasteiger partial charge in [-0.05, 0) is 67.1 Å². The lowest BCUT2D eigenvalue weighted by molar-refractivity contribution is 0.0984. The van der Waals surface area contributed by atoms with Crippen LogP contribution in [0.1, 0.15) is 31.8 Å². The lowest BCUT2D eigenvalue weighted by Gasteiger charge is -2.22. The van der Waals surface area contributed by atoms with E-state index in [4.69, 9.17) is 9.15 Å². The molecule has 186 valence electrons. The standard InChI is InChI=1S/C31H23N3O4/c1-20-18-21(14-15-25(20)33-29(35)24-10-3-2-9-23(24)27-13-7-17-37-27)31(36)34-19-22-8-6-16-32-30(22)38-28-12-5-4-11-26(28)34/h2-18H,19H2,1H3,(H,33,35). The number of pyridine rings is 1. The van der Waals surface area contributed by atoms with Gasteiger partial charge in [0.1, 0.15) is 5.76 Å². The Balaban J connectivity index is 1.28. The van der Waals surface area contributed by atoms with E-state index in [0.29, 0.717) is 52.0 Å². The van der Waals surface area contributed by atoms with Gasteiger partial charge < -0.3 is 19.4 Å². The van der Waals surface area contributed by atoms with Gasteiger partial charge in [-0.15, -0.1) is 0 Å². The van der Waals surface area contributed by atoms with Crippen LogP contribution in [0.15, 0.2) is 108 Å². The minimum Gasteiger partial charge on any atom is -0.464 e. The molecule has 0 saturated heterocycles. The van der Waals surface area contributed by atoms with Crippen molar-refractivity contribution >= 4 is 23.2 Å². The molecule has 6 rings (SSSR count). The number of carbonyl (C=O) groups is 2. The van der Waals surface area contributed by atoms with E-state index in [-0.39, 0.29) is 11.8 Å². The Morgan fingerprint density at radius 1 is 0.921 bits per heavy atom. The average Bonchev–Trinajstić information content (AvgIpc) is 3.43. The van der Waals surface area contributed by atoms with Gasteiger partial charge in [-0.25, -0.2) is 4.98 Å². The van der Waals surface area contributed by atoms with Crippen molar-refractivity contribution in [3.8, 4) is 23.0 Å². The molecule has 2 aromatic heterocycles. The van der Waals surface area contributed by atoms with E-state index in [1.807, 2.05) is 67.6 Å². The molecule has 38 heavy (non-hydrogen) atoms. The highest BCUT2D eigenvalue weighted by atomic mass is 16.5. The molecule has 3 aromatic carbocycles. The van der Waals surface area contributed by atoms with Crippen molar-refractivity contribution in [1.29, 1.82) is 0 Å². The molecule has 0 saturated carbocycles. The van der Waals surface area contributed by atoms with Crippen LogP contribution in [0.5, 0.6) is 11.6 Å². The third-order valence-corrected chi connectivity index (χ3v) is 6.47. The summed E-state index contributed by atoms with van der Waals surface area (Å²) in [5, 5.41) is 2.98. The van der Waals surface area contributed by atoms with Crippen molar-refractivity contribution in [3.63, 3.8) is 0 Å². The van der Waals surface area contributed by atoms with Gasteiger partial charge in [-0.1, -0.05) is 36.4 Å². The first-order valence-corrected chi connectivity index (χ1v) is 12.2. The maximum atomic E-state index is 13.8. The number of rotatable bonds is 4. The number of amides is 2. The van der Waals surface area contributed by atoms with Gasteiger partial charge >= 0.3 is 0 Å². The first kappa shape index (κ1) is 23.2. The predicted molar refractivity (Wildman–Crippen MR) is 145 cm³/mol. The van der Waals surface area contributed by atoms with Crippen LogP contribution in [0, 0.1) is 6.92 Å². The van der Waals surface area contributed by atoms with Gasteiger partial charge in [-0.3, -0.25) is 9.59 Å². The third-order valence-electron chi connectivity index (χ3n) is 6.47. The Kier molecular flexibility index (Phi) is 5.94. The number of hydrogen-bond donors (Lipinski definition) is 1. The highest BCUT2D eigenvalue weighted by Crippen LogP contribution is 2.38. The molecule has 0 atom stereocenters. The number of nitrogens with one attached hydrogen (secondary N) is 1. The number of nitrogens with zero attached hydrogens (tertiary/aromatic N) is 2. The molecule has 0 bridgehead atoms. The Morgan fingerprint density at radius 3 is 2.61 bits per heavy atom. The van der Waals surface area contributed by atoms with Crippen molar-refractivity contribution < 1.29 is 18.7 Å². The van der Waals surface area contributed by atoms with Crippen LogP contribution >= 0.6 is 0 Å². The average molecular weight is 502 g/mol. The van der Waals surface area contributed by atoms with Crippen LogP contribution < -0.4 is 15.0 Å². The molecular weight excluding hydrogens is 478 g/mol. The van der Waals surface area contributed by atoms with Gasteiger partial charge in [0, 0.05) is 28.6 Å². The second-order valence-corrected chi connectivity index (χ2v) is 8.94. The second kappa shape index (κ2) is 9.71. The van der Waals surface area contributed by atoms with E-state index in [1.54, 1.807) is 47.7 Å². The van der Waals surface area contributed by atoms with E-state index in [1.165, 1.54) is 0 Å². The van der Waals surface area contributed by atoms with Crippen LogP contribution in [0.4, 0.5) is 11.4 Å². The number of carbonyl (C=O) groups excluding carboxylic acids is 2. The van der Waals surface area contributed by atoms with E-state index in [9.17, 15) is 9.59 Å². The molecule has 1 aliphatic heterocycles. The number of anilines is 2. The zero-order valence-electron chi connectivity index (χ0n) is 20.5. The lowest BCUT2D eigenvalue weighted by atomic mass is 10.0. The predicted octanol–water partition coefficient (Wildman–Crippen LogP) is 6.86. The zero-order chi connectivity index (χ0) is 26.1. The van der Waals surface area contributed by atoms with Crippen molar-refractivity contribution in [3.05, 3.63) is 126 Å². The first-order chi connectivity index (χ1) is 18.6. The molecule has 0 fully saturated rings. The summed E-state index contributed by atoms with van der Waals surface area (Å²) < 4.78 is 11.5. The summed E-state index contributed by atoms with van der Waals surface area (Å²) >= 11 is 0. The van der Waals surface area contributed by atoms with Crippen LogP contribution in [-0.4, -0.2) is 16.8 Å². The maximum Gasteiger partial charge on any atom is 0.258 e. The number of aromatic nitrogens is 1. The van der Waals surface area contributed by atoms with Crippen LogP contribution in [0.3, 0.4) is 0 Å². The molecule has 3 heterocycles. The molecule has 1 N–H and O–H groups in total. The fourth-order valence-corrected chi connectivity index (χ4v) is 4.55. The molecule has 7 nitrogen and oxygen atoms in total. The van der Waals surface area contributed by atoms with E-state index in [0.717, 1.165) is 11.1 Å². The van der Waals surface area contributed by atoms with Crippen LogP contribution in [-0.2, 0) is 6.54 Å². The van der Waals surface area contributed by atoms with Gasteiger partial charge in [0.25, 0.3) is 11.8 Å². The maximum absolute atomic E-state index is 13.8. The SMILES string of the molecule is Cc1cc(C(=O)N2Cc3cccnc3Oc3ccccc32)ccc1NC(=O)c1ccccc1-c1ccco1. The lowest BCUT2D eigenvalue weighted by Crippen LogP contribution is -2.30. The number of furan rings is 1. The van der Waals surface area contributed by atoms with E-state index in [2.05, 4.69) is 10.3 Å². The monoisotopic (exact) mass is 501 g/mol.